The summed E-state index contributed by atoms with van der Waals surface area (Å²) in [7, 11) is 3.68. The molecule has 1 saturated heterocycles. The molecular weight excluding hydrogens is 411 g/mol. The predicted octanol–water partition coefficient (Wildman–Crippen LogP) is 3.68. The number of aliphatic hydroxyl groups is 1. The van der Waals surface area contributed by atoms with Crippen LogP contribution in [0.15, 0.2) is 60.7 Å². The van der Waals surface area contributed by atoms with E-state index in [0.717, 1.165) is 0 Å². The lowest BCUT2D eigenvalue weighted by Gasteiger charge is -2.27. The van der Waals surface area contributed by atoms with Gasteiger partial charge in [0.25, 0.3) is 11.7 Å². The van der Waals surface area contributed by atoms with Crippen LogP contribution in [0, 0.1) is 12.7 Å². The van der Waals surface area contributed by atoms with Crippen LogP contribution in [0.3, 0.4) is 0 Å². The minimum atomic E-state index is -1.02. The molecule has 168 valence electrons. The third-order valence-corrected chi connectivity index (χ3v) is 5.35. The molecule has 1 aliphatic heterocycles. The maximum Gasteiger partial charge on any atom is 0.295 e. The Kier molecular flexibility index (Phi) is 7.10. The number of halogens is 1. The van der Waals surface area contributed by atoms with Gasteiger partial charge >= 0.3 is 0 Å². The zero-order valence-electron chi connectivity index (χ0n) is 18.5. The number of amides is 1. The predicted molar refractivity (Wildman–Crippen MR) is 121 cm³/mol. The Morgan fingerprint density at radius 2 is 1.97 bits per heavy atom. The zero-order chi connectivity index (χ0) is 23.4. The highest BCUT2D eigenvalue weighted by atomic mass is 19.1. The lowest BCUT2D eigenvalue weighted by molar-refractivity contribution is -0.140. The van der Waals surface area contributed by atoms with Crippen molar-refractivity contribution in [3.05, 3.63) is 83.2 Å². The molecule has 0 saturated carbocycles. The average Bonchev–Trinajstić information content (AvgIpc) is 3.00. The first-order valence-electron chi connectivity index (χ1n) is 10.3. The van der Waals surface area contributed by atoms with Crippen molar-refractivity contribution in [2.24, 2.45) is 0 Å². The van der Waals surface area contributed by atoms with E-state index in [1.165, 1.54) is 23.1 Å². The monoisotopic (exact) mass is 438 g/mol. The summed E-state index contributed by atoms with van der Waals surface area (Å²) >= 11 is 0. The summed E-state index contributed by atoms with van der Waals surface area (Å²) in [6.45, 7) is 6.38. The second-order valence-corrected chi connectivity index (χ2v) is 7.89. The molecule has 1 unspecified atom stereocenters. The zero-order valence-corrected chi connectivity index (χ0v) is 18.5. The number of Topliss-reactive ketones (excluding diaryl/α,β-unsaturated/α-hetero) is 1. The number of carbonyl (C=O) groups excluding carboxylic acids is 2. The lowest BCUT2D eigenvalue weighted by atomic mass is 9.93. The minimum absolute atomic E-state index is 0.123. The number of aliphatic hydroxyl groups excluding tert-OH is 1. The number of benzene rings is 2. The van der Waals surface area contributed by atoms with Crippen LogP contribution in [0.25, 0.3) is 5.76 Å². The molecule has 1 heterocycles. The summed E-state index contributed by atoms with van der Waals surface area (Å²) in [5, 5.41) is 11.2. The molecular formula is C25H27FN2O4. The summed E-state index contributed by atoms with van der Waals surface area (Å²) < 4.78 is 20.3. The number of carbonyl (C=O) groups is 2. The van der Waals surface area contributed by atoms with Crippen LogP contribution in [0.4, 0.5) is 4.39 Å². The number of nitrogens with zero attached hydrogens (tertiary/aromatic N) is 2. The van der Waals surface area contributed by atoms with Crippen molar-refractivity contribution in [1.82, 2.24) is 9.80 Å². The van der Waals surface area contributed by atoms with E-state index in [0.29, 0.717) is 30.0 Å². The van der Waals surface area contributed by atoms with Crippen LogP contribution in [0.1, 0.15) is 22.7 Å². The first-order valence-corrected chi connectivity index (χ1v) is 10.3. The topological polar surface area (TPSA) is 70.1 Å². The van der Waals surface area contributed by atoms with Crippen molar-refractivity contribution in [1.29, 1.82) is 0 Å². The fraction of sp³-hybridized carbons (Fsp3) is 0.280. The van der Waals surface area contributed by atoms with Crippen LogP contribution in [0.5, 0.6) is 5.75 Å². The first kappa shape index (κ1) is 23.2. The summed E-state index contributed by atoms with van der Waals surface area (Å²) in [4.78, 5) is 29.1. The Balaban J connectivity index is 2.13. The average molecular weight is 438 g/mol. The normalized spacial score (nSPS) is 17.8. The van der Waals surface area contributed by atoms with E-state index in [1.54, 1.807) is 37.3 Å². The van der Waals surface area contributed by atoms with Gasteiger partial charge < -0.3 is 19.6 Å². The van der Waals surface area contributed by atoms with Gasteiger partial charge in [-0.1, -0.05) is 30.9 Å². The SMILES string of the molecule is C=CCOc1ccc(C(O)=C2C(=O)C(=O)N(CCN(C)C)C2c2ccccc2F)c(C)c1. The molecule has 1 fully saturated rings. The van der Waals surface area contributed by atoms with Crippen LogP contribution < -0.4 is 4.74 Å². The molecule has 0 aromatic heterocycles. The smallest absolute Gasteiger partial charge is 0.295 e. The minimum Gasteiger partial charge on any atom is -0.507 e. The van der Waals surface area contributed by atoms with Gasteiger partial charge in [-0.2, -0.15) is 0 Å². The molecule has 1 aliphatic rings. The van der Waals surface area contributed by atoms with E-state index >= 15 is 0 Å². The molecule has 3 rings (SSSR count). The van der Waals surface area contributed by atoms with Gasteiger partial charge in [-0.3, -0.25) is 9.59 Å². The summed E-state index contributed by atoms with van der Waals surface area (Å²) in [5.74, 6) is -1.90. The van der Waals surface area contributed by atoms with Gasteiger partial charge in [-0.05, 0) is 50.8 Å². The van der Waals surface area contributed by atoms with Crippen LogP contribution in [-0.4, -0.2) is 60.4 Å². The molecule has 0 bridgehead atoms. The quantitative estimate of drug-likeness (QED) is 0.295. The van der Waals surface area contributed by atoms with E-state index in [4.69, 9.17) is 4.74 Å². The van der Waals surface area contributed by atoms with Gasteiger partial charge in [-0.15, -0.1) is 0 Å². The van der Waals surface area contributed by atoms with Crippen molar-refractivity contribution in [2.45, 2.75) is 13.0 Å². The Labute approximate surface area is 187 Å². The van der Waals surface area contributed by atoms with Crippen molar-refractivity contribution < 1.29 is 23.8 Å². The van der Waals surface area contributed by atoms with E-state index in [-0.39, 0.29) is 23.4 Å². The highest BCUT2D eigenvalue weighted by molar-refractivity contribution is 6.46. The van der Waals surface area contributed by atoms with E-state index < -0.39 is 23.5 Å². The number of ether oxygens (including phenoxy) is 1. The number of likely N-dealkylation sites (N-methyl/N-ethyl adjacent to an activating group) is 1. The maximum absolute atomic E-state index is 14.8. The van der Waals surface area contributed by atoms with Crippen LogP contribution in [0.2, 0.25) is 0 Å². The summed E-state index contributed by atoms with van der Waals surface area (Å²) in [6.07, 6.45) is 1.62. The van der Waals surface area contributed by atoms with Crippen LogP contribution >= 0.6 is 0 Å². The van der Waals surface area contributed by atoms with Crippen molar-refractivity contribution in [3.8, 4) is 5.75 Å². The second-order valence-electron chi connectivity index (χ2n) is 7.89. The highest BCUT2D eigenvalue weighted by Gasteiger charge is 2.46. The van der Waals surface area contributed by atoms with Gasteiger partial charge in [0, 0.05) is 24.2 Å². The molecule has 2 aromatic carbocycles. The fourth-order valence-corrected chi connectivity index (χ4v) is 3.73. The van der Waals surface area contributed by atoms with Crippen LogP contribution in [-0.2, 0) is 9.59 Å². The van der Waals surface area contributed by atoms with E-state index in [1.807, 2.05) is 19.0 Å². The first-order chi connectivity index (χ1) is 15.3. The molecule has 0 spiro atoms. The van der Waals surface area contributed by atoms with E-state index in [2.05, 4.69) is 6.58 Å². The fourth-order valence-electron chi connectivity index (χ4n) is 3.73. The Morgan fingerprint density at radius 1 is 1.25 bits per heavy atom. The number of hydrogen-bond acceptors (Lipinski definition) is 5. The summed E-state index contributed by atoms with van der Waals surface area (Å²) in [6, 6.07) is 9.96. The molecule has 2 aromatic rings. The molecule has 1 N–H and O–H groups in total. The summed E-state index contributed by atoms with van der Waals surface area (Å²) in [5.41, 5.74) is 1.07. The molecule has 32 heavy (non-hydrogen) atoms. The lowest BCUT2D eigenvalue weighted by Crippen LogP contribution is -2.35. The number of hydrogen-bond donors (Lipinski definition) is 1. The maximum atomic E-state index is 14.8. The third kappa shape index (κ3) is 4.57. The molecule has 6 nitrogen and oxygen atoms in total. The molecule has 7 heteroatoms. The number of likely N-dealkylation sites (tertiary alicyclic amines) is 1. The van der Waals surface area contributed by atoms with Crippen molar-refractivity contribution >= 4 is 17.4 Å². The standard InChI is InChI=1S/C25H27FN2O4/c1-5-14-32-17-10-11-18(16(2)15-17)23(29)21-22(19-8-6-7-9-20(19)26)28(13-12-27(3)4)25(31)24(21)30/h5-11,15,22,29H,1,12-14H2,2-4H3. The van der Waals surface area contributed by atoms with Gasteiger partial charge in [0.1, 0.15) is 23.9 Å². The van der Waals surface area contributed by atoms with E-state index in [9.17, 15) is 19.1 Å². The second kappa shape index (κ2) is 9.78. The number of ketones is 1. The Hall–Kier alpha value is -3.45. The largest absolute Gasteiger partial charge is 0.507 e. The van der Waals surface area contributed by atoms with Gasteiger partial charge in [0.15, 0.2) is 0 Å². The van der Waals surface area contributed by atoms with Gasteiger partial charge in [-0.25, -0.2) is 4.39 Å². The number of rotatable bonds is 8. The Morgan fingerprint density at radius 3 is 2.59 bits per heavy atom. The Bertz CT molecular complexity index is 1080. The molecule has 0 aliphatic carbocycles. The molecule has 1 amide bonds. The van der Waals surface area contributed by atoms with Gasteiger partial charge in [0.05, 0.1) is 11.6 Å². The molecule has 0 radical (unpaired) electrons. The highest BCUT2D eigenvalue weighted by Crippen LogP contribution is 2.40. The van der Waals surface area contributed by atoms with Gasteiger partial charge in [0.2, 0.25) is 0 Å². The number of aryl methyl sites for hydroxylation is 1. The molecule has 1 atom stereocenters. The third-order valence-electron chi connectivity index (χ3n) is 5.35. The van der Waals surface area contributed by atoms with Crippen molar-refractivity contribution in [2.75, 3.05) is 33.8 Å². The van der Waals surface area contributed by atoms with Crippen molar-refractivity contribution in [3.63, 3.8) is 0 Å².